The number of nitrogens with zero attached hydrogens (tertiary/aromatic N) is 5. The van der Waals surface area contributed by atoms with Gasteiger partial charge in [0.1, 0.15) is 11.5 Å². The van der Waals surface area contributed by atoms with Gasteiger partial charge >= 0.3 is 0 Å². The van der Waals surface area contributed by atoms with Crippen LogP contribution in [-0.4, -0.2) is 71.2 Å². The summed E-state index contributed by atoms with van der Waals surface area (Å²) in [5, 5.41) is 17.4. The molecule has 4 heterocycles. The van der Waals surface area contributed by atoms with Crippen LogP contribution in [0.2, 0.25) is 5.02 Å². The fourth-order valence-electron chi connectivity index (χ4n) is 5.22. The second-order valence-electron chi connectivity index (χ2n) is 11.0. The molecule has 1 aliphatic heterocycles. The SMILES string of the molecule is CNC(=O)c1nnc(NC(=O)C2CC2)cc1Nc1cccc(-c2ccc(C3CN(Cc4ncc(OC)cc4Cl)C3)nc2)c1OC. The number of hydrogen-bond acceptors (Lipinski definition) is 10. The van der Waals surface area contributed by atoms with Crippen molar-refractivity contribution in [3.8, 4) is 22.6 Å². The largest absolute Gasteiger partial charge is 0.495 e. The molecule has 45 heavy (non-hydrogen) atoms. The number of halogens is 1. The average Bonchev–Trinajstić information content (AvgIpc) is 3.89. The zero-order valence-electron chi connectivity index (χ0n) is 25.1. The Morgan fingerprint density at radius 2 is 1.82 bits per heavy atom. The lowest BCUT2D eigenvalue weighted by Gasteiger charge is -2.38. The van der Waals surface area contributed by atoms with Gasteiger partial charge in [0.15, 0.2) is 11.5 Å². The number of anilines is 3. The predicted molar refractivity (Wildman–Crippen MR) is 170 cm³/mol. The molecule has 1 saturated carbocycles. The van der Waals surface area contributed by atoms with Gasteiger partial charge in [0.05, 0.1) is 42.5 Å². The molecule has 13 heteroatoms. The van der Waals surface area contributed by atoms with Gasteiger partial charge in [0, 0.05) is 73.7 Å². The number of carbonyl (C=O) groups is 2. The summed E-state index contributed by atoms with van der Waals surface area (Å²) in [5.41, 5.74) is 4.60. The minimum atomic E-state index is -0.419. The number of pyridine rings is 2. The Labute approximate surface area is 265 Å². The summed E-state index contributed by atoms with van der Waals surface area (Å²) in [5.74, 6) is 1.24. The van der Waals surface area contributed by atoms with Crippen LogP contribution in [0.1, 0.15) is 40.6 Å². The number of aromatic nitrogens is 4. The first-order chi connectivity index (χ1) is 21.9. The van der Waals surface area contributed by atoms with E-state index in [1.54, 1.807) is 32.5 Å². The number of para-hydroxylation sites is 1. The predicted octanol–water partition coefficient (Wildman–Crippen LogP) is 4.66. The smallest absolute Gasteiger partial charge is 0.273 e. The Morgan fingerprint density at radius 1 is 1.00 bits per heavy atom. The summed E-state index contributed by atoms with van der Waals surface area (Å²) in [4.78, 5) is 36.4. The van der Waals surface area contributed by atoms with Crippen LogP contribution in [0.4, 0.5) is 17.2 Å². The van der Waals surface area contributed by atoms with E-state index in [1.165, 1.54) is 7.05 Å². The maximum atomic E-state index is 12.6. The molecule has 0 spiro atoms. The van der Waals surface area contributed by atoms with Crippen molar-refractivity contribution < 1.29 is 19.1 Å². The lowest BCUT2D eigenvalue weighted by molar-refractivity contribution is -0.117. The minimum Gasteiger partial charge on any atom is -0.495 e. The molecule has 4 aromatic rings. The van der Waals surface area contributed by atoms with Crippen LogP contribution in [-0.2, 0) is 11.3 Å². The van der Waals surface area contributed by atoms with Gasteiger partial charge in [0.2, 0.25) is 5.91 Å². The maximum absolute atomic E-state index is 12.6. The van der Waals surface area contributed by atoms with E-state index in [2.05, 4.69) is 36.0 Å². The zero-order chi connectivity index (χ0) is 31.5. The van der Waals surface area contributed by atoms with Crippen LogP contribution in [0.15, 0.2) is 54.9 Å². The number of ether oxygens (including phenoxy) is 2. The molecular weight excluding hydrogens is 596 g/mol. The molecule has 2 amide bonds. The molecule has 1 aromatic carbocycles. The highest BCUT2D eigenvalue weighted by Gasteiger charge is 2.31. The molecule has 2 fully saturated rings. The third-order valence-corrected chi connectivity index (χ3v) is 8.23. The van der Waals surface area contributed by atoms with Crippen LogP contribution in [0.25, 0.3) is 11.1 Å². The van der Waals surface area contributed by atoms with Crippen molar-refractivity contribution in [1.82, 2.24) is 30.4 Å². The van der Waals surface area contributed by atoms with Crippen molar-refractivity contribution in [2.45, 2.75) is 25.3 Å². The number of rotatable bonds is 11. The fraction of sp³-hybridized carbons (Fsp3) is 0.312. The molecule has 3 aromatic heterocycles. The van der Waals surface area contributed by atoms with E-state index in [-0.39, 0.29) is 23.3 Å². The summed E-state index contributed by atoms with van der Waals surface area (Å²) in [6, 6.07) is 13.1. The van der Waals surface area contributed by atoms with Crippen molar-refractivity contribution in [2.24, 2.45) is 5.92 Å². The summed E-state index contributed by atoms with van der Waals surface area (Å²) in [7, 11) is 4.70. The van der Waals surface area contributed by atoms with Gasteiger partial charge in [-0.3, -0.25) is 24.5 Å². The first-order valence-corrected chi connectivity index (χ1v) is 15.0. The van der Waals surface area contributed by atoms with E-state index in [4.69, 9.17) is 26.1 Å². The quantitative estimate of drug-likeness (QED) is 0.215. The molecule has 6 rings (SSSR count). The third kappa shape index (κ3) is 6.66. The first kappa shape index (κ1) is 30.2. The highest BCUT2D eigenvalue weighted by molar-refractivity contribution is 6.31. The van der Waals surface area contributed by atoms with E-state index >= 15 is 0 Å². The maximum Gasteiger partial charge on any atom is 0.273 e. The molecule has 0 atom stereocenters. The minimum absolute atomic E-state index is 0.00224. The van der Waals surface area contributed by atoms with Gasteiger partial charge in [-0.05, 0) is 25.0 Å². The highest BCUT2D eigenvalue weighted by atomic mass is 35.5. The molecule has 1 saturated heterocycles. The van der Waals surface area contributed by atoms with Gasteiger partial charge in [0.25, 0.3) is 5.91 Å². The van der Waals surface area contributed by atoms with E-state index in [0.717, 1.165) is 48.4 Å². The van der Waals surface area contributed by atoms with Gasteiger partial charge in [-0.1, -0.05) is 29.8 Å². The molecule has 2 aliphatic rings. The number of methoxy groups -OCH3 is 2. The molecule has 232 valence electrons. The standard InChI is InChI=1S/C32H33ClN8O4/c1-34-32(43)29-26(12-28(39-40-29)38-31(42)18-7-8-18)37-25-6-4-5-22(30(25)45-3)19-9-10-24(35-13-19)20-15-41(16-20)17-27-23(33)11-21(44-2)14-36-27/h4-6,9-14,18,20H,7-8,15-17H2,1-3H3,(H,34,43)(H2,37,38,39,42). The Balaban J connectivity index is 1.17. The fourth-order valence-corrected chi connectivity index (χ4v) is 5.43. The molecule has 12 nitrogen and oxygen atoms in total. The lowest BCUT2D eigenvalue weighted by Crippen LogP contribution is -2.44. The first-order valence-electron chi connectivity index (χ1n) is 14.6. The summed E-state index contributed by atoms with van der Waals surface area (Å²) in [6.07, 6.45) is 5.24. The van der Waals surface area contributed by atoms with Gasteiger partial charge < -0.3 is 25.4 Å². The van der Waals surface area contributed by atoms with Crippen molar-refractivity contribution >= 4 is 40.6 Å². The van der Waals surface area contributed by atoms with Gasteiger partial charge in [-0.15, -0.1) is 10.2 Å². The van der Waals surface area contributed by atoms with Crippen molar-refractivity contribution in [3.05, 3.63) is 77.0 Å². The normalized spacial score (nSPS) is 14.8. The van der Waals surface area contributed by atoms with E-state index < -0.39 is 5.91 Å². The number of benzene rings is 1. The topological polar surface area (TPSA) is 143 Å². The third-order valence-electron chi connectivity index (χ3n) is 7.90. The summed E-state index contributed by atoms with van der Waals surface area (Å²) in [6.45, 7) is 2.38. The van der Waals surface area contributed by atoms with Crippen molar-refractivity contribution in [1.29, 1.82) is 0 Å². The number of hydrogen-bond donors (Lipinski definition) is 3. The van der Waals surface area contributed by atoms with Crippen molar-refractivity contribution in [2.75, 3.05) is 45.0 Å². The zero-order valence-corrected chi connectivity index (χ0v) is 25.9. The highest BCUT2D eigenvalue weighted by Crippen LogP contribution is 2.39. The van der Waals surface area contributed by atoms with E-state index in [0.29, 0.717) is 40.4 Å². The second-order valence-corrected chi connectivity index (χ2v) is 11.4. The van der Waals surface area contributed by atoms with Crippen LogP contribution in [0.5, 0.6) is 11.5 Å². The molecular formula is C32H33ClN8O4. The molecule has 0 unspecified atom stereocenters. The Morgan fingerprint density at radius 3 is 2.49 bits per heavy atom. The monoisotopic (exact) mass is 628 g/mol. The van der Waals surface area contributed by atoms with Crippen LogP contribution in [0, 0.1) is 5.92 Å². The van der Waals surface area contributed by atoms with Crippen LogP contribution >= 0.6 is 11.6 Å². The lowest BCUT2D eigenvalue weighted by atomic mass is 9.94. The molecule has 3 N–H and O–H groups in total. The molecule has 1 aliphatic carbocycles. The van der Waals surface area contributed by atoms with E-state index in [1.807, 2.05) is 36.5 Å². The van der Waals surface area contributed by atoms with Crippen molar-refractivity contribution in [3.63, 3.8) is 0 Å². The summed E-state index contributed by atoms with van der Waals surface area (Å²) < 4.78 is 11.0. The number of amides is 2. The summed E-state index contributed by atoms with van der Waals surface area (Å²) >= 11 is 6.37. The average molecular weight is 629 g/mol. The Hall–Kier alpha value is -4.81. The molecule has 0 radical (unpaired) electrons. The Bertz CT molecular complexity index is 1730. The van der Waals surface area contributed by atoms with Crippen LogP contribution in [0.3, 0.4) is 0 Å². The van der Waals surface area contributed by atoms with Gasteiger partial charge in [-0.2, -0.15) is 0 Å². The van der Waals surface area contributed by atoms with Gasteiger partial charge in [-0.25, -0.2) is 0 Å². The number of nitrogens with one attached hydrogen (secondary N) is 3. The number of likely N-dealkylation sites (tertiary alicyclic amines) is 1. The Kier molecular flexibility index (Phi) is 8.76. The molecule has 0 bridgehead atoms. The second kappa shape index (κ2) is 13.0. The van der Waals surface area contributed by atoms with Crippen LogP contribution < -0.4 is 25.4 Å². The number of carbonyl (C=O) groups excluding carboxylic acids is 2. The van der Waals surface area contributed by atoms with E-state index in [9.17, 15) is 9.59 Å².